The molecule has 14 heavy (non-hydrogen) atoms. The van der Waals surface area contributed by atoms with E-state index in [1.165, 1.54) is 0 Å². The summed E-state index contributed by atoms with van der Waals surface area (Å²) in [7, 11) is -2.40. The summed E-state index contributed by atoms with van der Waals surface area (Å²) in [5, 5.41) is 0. The topological polar surface area (TPSA) is 62.8 Å². The maximum absolute atomic E-state index is 10.2. The minimum absolute atomic E-state index is 0.368. The van der Waals surface area contributed by atoms with E-state index < -0.39 is 10.7 Å². The zero-order valence-electron chi connectivity index (χ0n) is 7.33. The highest BCUT2D eigenvalue weighted by atomic mass is 32.2. The Balaban J connectivity index is 0.000000165. The van der Waals surface area contributed by atoms with E-state index in [1.807, 2.05) is 0 Å². The van der Waals surface area contributed by atoms with Crippen LogP contribution in [0, 0.1) is 0 Å². The molecule has 2 aromatic rings. The molecule has 1 aromatic heterocycles. The van der Waals surface area contributed by atoms with Crippen molar-refractivity contribution in [3.63, 3.8) is 0 Å². The van der Waals surface area contributed by atoms with Gasteiger partial charge in [0.1, 0.15) is 0 Å². The Kier molecular flexibility index (Phi) is 4.43. The van der Waals surface area contributed by atoms with Crippen LogP contribution in [0.25, 0.3) is 0 Å². The van der Waals surface area contributed by atoms with Crippen molar-refractivity contribution in [3.8, 4) is 0 Å². The third kappa shape index (κ3) is 3.86. The Morgan fingerprint density at radius 3 is 2.14 bits per heavy atom. The minimum atomic E-state index is -2.40. The van der Waals surface area contributed by atoms with Gasteiger partial charge in [0, 0.05) is 12.4 Å². The van der Waals surface area contributed by atoms with E-state index in [1.54, 1.807) is 49.1 Å². The molecular weight excluding hydrogens is 200 g/mol. The molecule has 5 heteroatoms. The standard InChI is InChI=1S/C6H6O2S.C3H4N2/c7-9(8)6-4-2-1-3-5-6;1-2-5-3-4-1/h1-5,9H;1-3H,(H,4,5). The lowest BCUT2D eigenvalue weighted by atomic mass is 10.4. The molecule has 0 atom stereocenters. The van der Waals surface area contributed by atoms with Crippen LogP contribution in [0.1, 0.15) is 0 Å². The van der Waals surface area contributed by atoms with Crippen molar-refractivity contribution in [2.45, 2.75) is 4.90 Å². The lowest BCUT2D eigenvalue weighted by Gasteiger charge is -1.83. The van der Waals surface area contributed by atoms with Crippen molar-refractivity contribution in [3.05, 3.63) is 49.1 Å². The van der Waals surface area contributed by atoms with Crippen molar-refractivity contribution in [2.24, 2.45) is 0 Å². The number of hydrogen-bond donors (Lipinski definition) is 2. The lowest BCUT2D eigenvalue weighted by molar-refractivity contribution is 0.614. The molecule has 1 aromatic carbocycles. The van der Waals surface area contributed by atoms with Gasteiger partial charge in [-0.2, -0.15) is 0 Å². The van der Waals surface area contributed by atoms with E-state index >= 15 is 0 Å². The van der Waals surface area contributed by atoms with Crippen LogP contribution in [-0.4, -0.2) is 18.4 Å². The highest BCUT2D eigenvalue weighted by Crippen LogP contribution is 1.97. The first-order chi connectivity index (χ1) is 6.80. The van der Waals surface area contributed by atoms with Crippen LogP contribution in [0.5, 0.6) is 0 Å². The van der Waals surface area contributed by atoms with Gasteiger partial charge >= 0.3 is 0 Å². The highest BCUT2D eigenvalue weighted by molar-refractivity contribution is 7.72. The van der Waals surface area contributed by atoms with E-state index in [4.69, 9.17) is 0 Å². The molecule has 0 saturated carbocycles. The molecule has 0 aliphatic rings. The molecule has 0 spiro atoms. The average Bonchev–Trinajstić information content (AvgIpc) is 2.77. The quantitative estimate of drug-likeness (QED) is 0.692. The molecule has 0 fully saturated rings. The van der Waals surface area contributed by atoms with Crippen molar-refractivity contribution in [2.75, 3.05) is 0 Å². The fourth-order valence-electron chi connectivity index (χ4n) is 0.765. The molecule has 0 amide bonds. The molecule has 1 N–H and O–H groups in total. The van der Waals surface area contributed by atoms with E-state index in [-0.39, 0.29) is 0 Å². The summed E-state index contributed by atoms with van der Waals surface area (Å²) in [6, 6.07) is 8.29. The van der Waals surface area contributed by atoms with E-state index in [9.17, 15) is 8.42 Å². The van der Waals surface area contributed by atoms with Gasteiger partial charge in [-0.05, 0) is 12.1 Å². The van der Waals surface area contributed by atoms with Crippen molar-refractivity contribution in [1.82, 2.24) is 9.97 Å². The fraction of sp³-hybridized carbons (Fsp3) is 0. The molecule has 74 valence electrons. The number of thiol groups is 1. The summed E-state index contributed by atoms with van der Waals surface area (Å²) in [4.78, 5) is 6.78. The molecule has 2 rings (SSSR count). The molecule has 1 heterocycles. The maximum atomic E-state index is 10.2. The van der Waals surface area contributed by atoms with Crippen LogP contribution >= 0.6 is 0 Å². The number of nitrogens with one attached hydrogen (secondary N) is 1. The second-order valence-corrected chi connectivity index (χ2v) is 3.38. The number of benzene rings is 1. The summed E-state index contributed by atoms with van der Waals surface area (Å²) in [5.74, 6) is 0. The molecule has 0 bridgehead atoms. The van der Waals surface area contributed by atoms with E-state index in [0.717, 1.165) is 0 Å². The minimum Gasteiger partial charge on any atom is -0.351 e. The number of aromatic nitrogens is 2. The van der Waals surface area contributed by atoms with Gasteiger partial charge in [0.25, 0.3) is 0 Å². The van der Waals surface area contributed by atoms with Gasteiger partial charge in [0.2, 0.25) is 0 Å². The number of imidazole rings is 1. The third-order valence-corrected chi connectivity index (χ3v) is 2.09. The van der Waals surface area contributed by atoms with Crippen LogP contribution in [0.15, 0.2) is 53.9 Å². The Labute approximate surface area is 83.6 Å². The van der Waals surface area contributed by atoms with Gasteiger partial charge in [-0.3, -0.25) is 0 Å². The van der Waals surface area contributed by atoms with Crippen molar-refractivity contribution >= 4 is 10.7 Å². The highest BCUT2D eigenvalue weighted by Gasteiger charge is 1.87. The molecule has 0 aliphatic heterocycles. The Bertz CT molecular complexity index is 384. The summed E-state index contributed by atoms with van der Waals surface area (Å²) < 4.78 is 20.5. The van der Waals surface area contributed by atoms with Crippen LogP contribution < -0.4 is 0 Å². The zero-order chi connectivity index (χ0) is 10.2. The maximum Gasteiger partial charge on any atom is 0.168 e. The second-order valence-electron chi connectivity index (χ2n) is 2.35. The van der Waals surface area contributed by atoms with Gasteiger partial charge in [0.05, 0.1) is 11.2 Å². The normalized spacial score (nSPS) is 9.21. The Morgan fingerprint density at radius 2 is 1.86 bits per heavy atom. The van der Waals surface area contributed by atoms with Gasteiger partial charge in [-0.15, -0.1) is 0 Å². The summed E-state index contributed by atoms with van der Waals surface area (Å²) >= 11 is 0. The number of hydrogen-bond acceptors (Lipinski definition) is 3. The monoisotopic (exact) mass is 210 g/mol. The third-order valence-electron chi connectivity index (χ3n) is 1.37. The van der Waals surface area contributed by atoms with Gasteiger partial charge < -0.3 is 4.98 Å². The SMILES string of the molecule is O=[SH](=O)c1ccccc1.c1c[nH]cn1. The molecule has 0 aliphatic carbocycles. The number of H-pyrrole nitrogens is 1. The smallest absolute Gasteiger partial charge is 0.168 e. The summed E-state index contributed by atoms with van der Waals surface area (Å²) in [6.45, 7) is 0. The number of rotatable bonds is 1. The van der Waals surface area contributed by atoms with E-state index in [2.05, 4.69) is 9.97 Å². The predicted octanol–water partition coefficient (Wildman–Crippen LogP) is 1.07. The second kappa shape index (κ2) is 5.93. The van der Waals surface area contributed by atoms with Gasteiger partial charge in [-0.25, -0.2) is 13.4 Å². The van der Waals surface area contributed by atoms with Crippen LogP contribution in [-0.2, 0) is 10.7 Å². The lowest BCUT2D eigenvalue weighted by Crippen LogP contribution is -1.75. The molecule has 0 unspecified atom stereocenters. The van der Waals surface area contributed by atoms with Gasteiger partial charge in [-0.1, -0.05) is 18.2 Å². The zero-order valence-corrected chi connectivity index (χ0v) is 8.22. The first-order valence-corrected chi connectivity index (χ1v) is 5.10. The summed E-state index contributed by atoms with van der Waals surface area (Å²) in [6.07, 6.45) is 5.08. The largest absolute Gasteiger partial charge is 0.351 e. The molecular formula is C9H10N2O2S. The number of nitrogens with zero attached hydrogens (tertiary/aromatic N) is 1. The molecule has 4 nitrogen and oxygen atoms in total. The number of aromatic amines is 1. The van der Waals surface area contributed by atoms with E-state index in [0.29, 0.717) is 4.90 Å². The Morgan fingerprint density at radius 1 is 1.14 bits per heavy atom. The fourth-order valence-corrected chi connectivity index (χ4v) is 1.18. The van der Waals surface area contributed by atoms with Crippen LogP contribution in [0.2, 0.25) is 0 Å². The molecule has 0 radical (unpaired) electrons. The van der Waals surface area contributed by atoms with Crippen molar-refractivity contribution in [1.29, 1.82) is 0 Å². The Hall–Kier alpha value is -1.62. The first-order valence-electron chi connectivity index (χ1n) is 3.93. The summed E-state index contributed by atoms with van der Waals surface area (Å²) in [5.41, 5.74) is 0. The average molecular weight is 210 g/mol. The van der Waals surface area contributed by atoms with Crippen molar-refractivity contribution < 1.29 is 8.42 Å². The van der Waals surface area contributed by atoms with Crippen LogP contribution in [0.3, 0.4) is 0 Å². The molecule has 0 saturated heterocycles. The first kappa shape index (κ1) is 10.5. The van der Waals surface area contributed by atoms with Gasteiger partial charge in [0.15, 0.2) is 10.7 Å². The van der Waals surface area contributed by atoms with Crippen LogP contribution in [0.4, 0.5) is 0 Å². The predicted molar refractivity (Wildman–Crippen MR) is 53.6 cm³/mol.